The predicted octanol–water partition coefficient (Wildman–Crippen LogP) is 1.54. The van der Waals surface area contributed by atoms with Gasteiger partial charge in [0.05, 0.1) is 0 Å². The van der Waals surface area contributed by atoms with E-state index >= 15 is 0 Å². The zero-order chi connectivity index (χ0) is 12.0. The zero-order valence-corrected chi connectivity index (χ0v) is 10.7. The summed E-state index contributed by atoms with van der Waals surface area (Å²) in [7, 11) is 1.90. The van der Waals surface area contributed by atoms with Gasteiger partial charge in [-0.05, 0) is 32.4 Å². The van der Waals surface area contributed by atoms with Crippen molar-refractivity contribution >= 4 is 13.8 Å². The molecule has 1 fully saturated rings. The van der Waals surface area contributed by atoms with Crippen molar-refractivity contribution in [2.45, 2.75) is 50.8 Å². The summed E-state index contributed by atoms with van der Waals surface area (Å²) in [6.45, 7) is 5.00. The van der Waals surface area contributed by atoms with Crippen molar-refractivity contribution in [3.05, 3.63) is 0 Å². The molecule has 0 bridgehead atoms. The number of carbonyl (C=O) groups is 1. The fraction of sp³-hybridized carbons (Fsp3) is 0.917. The van der Waals surface area contributed by atoms with Crippen LogP contribution in [0.2, 0.25) is 5.31 Å². The molecule has 0 saturated carbocycles. The standard InChI is InChI=1S/C12H24BNO2/c1-2-3-7-12(13,11(15)16)10-14-8-5-4-6-9-14/h2-10,13H2,1H3,(H,15,16). The Labute approximate surface area is 99.6 Å². The van der Waals surface area contributed by atoms with E-state index in [2.05, 4.69) is 11.8 Å². The van der Waals surface area contributed by atoms with Crippen LogP contribution < -0.4 is 0 Å². The summed E-state index contributed by atoms with van der Waals surface area (Å²) < 4.78 is 0. The first-order chi connectivity index (χ1) is 7.58. The van der Waals surface area contributed by atoms with E-state index in [1.165, 1.54) is 19.3 Å². The van der Waals surface area contributed by atoms with Gasteiger partial charge < -0.3 is 10.0 Å². The van der Waals surface area contributed by atoms with Gasteiger partial charge in [-0.1, -0.05) is 26.2 Å². The quantitative estimate of drug-likeness (QED) is 0.697. The summed E-state index contributed by atoms with van der Waals surface area (Å²) in [5, 5.41) is 8.81. The lowest BCUT2D eigenvalue weighted by atomic mass is 9.65. The van der Waals surface area contributed by atoms with E-state index in [9.17, 15) is 9.90 Å². The van der Waals surface area contributed by atoms with Gasteiger partial charge in [0.25, 0.3) is 0 Å². The van der Waals surface area contributed by atoms with Crippen LogP contribution in [0, 0.1) is 0 Å². The average Bonchev–Trinajstić information content (AvgIpc) is 2.27. The Kier molecular flexibility index (Phi) is 5.33. The van der Waals surface area contributed by atoms with E-state index in [-0.39, 0.29) is 0 Å². The van der Waals surface area contributed by atoms with Gasteiger partial charge in [-0.3, -0.25) is 4.79 Å². The first kappa shape index (κ1) is 13.6. The average molecular weight is 225 g/mol. The third-order valence-corrected chi connectivity index (χ3v) is 3.62. The number of carboxylic acid groups (broad SMARTS) is 1. The Morgan fingerprint density at radius 1 is 1.38 bits per heavy atom. The Morgan fingerprint density at radius 3 is 2.50 bits per heavy atom. The molecular formula is C12H24BNO2. The van der Waals surface area contributed by atoms with Crippen LogP contribution in [-0.2, 0) is 4.79 Å². The smallest absolute Gasteiger partial charge is 0.302 e. The van der Waals surface area contributed by atoms with Crippen LogP contribution in [0.25, 0.3) is 0 Å². The van der Waals surface area contributed by atoms with E-state index in [4.69, 9.17) is 0 Å². The monoisotopic (exact) mass is 225 g/mol. The normalized spacial score (nSPS) is 21.6. The van der Waals surface area contributed by atoms with E-state index < -0.39 is 11.3 Å². The Morgan fingerprint density at radius 2 is 2.00 bits per heavy atom. The molecular weight excluding hydrogens is 201 g/mol. The number of aliphatic carboxylic acids is 1. The summed E-state index contributed by atoms with van der Waals surface area (Å²) in [5.41, 5.74) is 0. The minimum atomic E-state index is -0.633. The number of hydrogen-bond donors (Lipinski definition) is 1. The molecule has 1 atom stereocenters. The first-order valence-corrected chi connectivity index (χ1v) is 6.54. The Balaban J connectivity index is 2.51. The number of hydrogen-bond acceptors (Lipinski definition) is 2. The summed E-state index contributed by atoms with van der Waals surface area (Å²) in [6, 6.07) is 0. The fourth-order valence-electron chi connectivity index (χ4n) is 2.43. The molecule has 1 aliphatic heterocycles. The van der Waals surface area contributed by atoms with Gasteiger partial charge in [0.2, 0.25) is 0 Å². The SMILES string of the molecule is BC(CCCC)(CN1CCCCC1)C(=O)O. The number of rotatable bonds is 6. The summed E-state index contributed by atoms with van der Waals surface area (Å²) in [5.74, 6) is -0.633. The molecule has 0 aliphatic carbocycles. The number of likely N-dealkylation sites (tertiary alicyclic amines) is 1. The van der Waals surface area contributed by atoms with E-state index in [1.54, 1.807) is 0 Å². The minimum absolute atomic E-state index is 0.548. The van der Waals surface area contributed by atoms with Crippen LogP contribution in [-0.4, -0.2) is 43.5 Å². The summed E-state index contributed by atoms with van der Waals surface area (Å²) in [6.07, 6.45) is 6.64. The highest BCUT2D eigenvalue weighted by Crippen LogP contribution is 2.31. The number of nitrogens with zero attached hydrogens (tertiary/aromatic N) is 1. The molecule has 0 radical (unpaired) electrons. The molecule has 0 amide bonds. The first-order valence-electron chi connectivity index (χ1n) is 6.54. The molecule has 3 nitrogen and oxygen atoms in total. The van der Waals surface area contributed by atoms with Crippen molar-refractivity contribution < 1.29 is 9.90 Å². The van der Waals surface area contributed by atoms with Crippen LogP contribution in [0.5, 0.6) is 0 Å². The number of piperidine rings is 1. The molecule has 1 N–H and O–H groups in total. The lowest BCUT2D eigenvalue weighted by Crippen LogP contribution is -2.41. The maximum Gasteiger partial charge on any atom is 0.302 e. The molecule has 1 heterocycles. The summed E-state index contributed by atoms with van der Waals surface area (Å²) in [4.78, 5) is 13.7. The van der Waals surface area contributed by atoms with Gasteiger partial charge in [0.1, 0.15) is 7.85 Å². The molecule has 92 valence electrons. The lowest BCUT2D eigenvalue weighted by molar-refractivity contribution is -0.141. The maximum absolute atomic E-state index is 11.4. The van der Waals surface area contributed by atoms with Gasteiger partial charge in [-0.2, -0.15) is 0 Å². The molecule has 16 heavy (non-hydrogen) atoms. The second kappa shape index (κ2) is 6.28. The van der Waals surface area contributed by atoms with Crippen LogP contribution in [0.3, 0.4) is 0 Å². The second-order valence-corrected chi connectivity index (χ2v) is 5.31. The molecule has 0 aromatic heterocycles. The van der Waals surface area contributed by atoms with Crippen LogP contribution in [0.4, 0.5) is 0 Å². The Bertz CT molecular complexity index is 229. The molecule has 1 aliphatic rings. The molecule has 0 aromatic rings. The van der Waals surface area contributed by atoms with Gasteiger partial charge in [-0.25, -0.2) is 0 Å². The van der Waals surface area contributed by atoms with Crippen molar-refractivity contribution in [2.75, 3.05) is 19.6 Å². The zero-order valence-electron chi connectivity index (χ0n) is 10.7. The highest BCUT2D eigenvalue weighted by molar-refractivity contribution is 6.26. The molecule has 0 aromatic carbocycles. The topological polar surface area (TPSA) is 40.5 Å². The maximum atomic E-state index is 11.4. The second-order valence-electron chi connectivity index (χ2n) is 5.31. The van der Waals surface area contributed by atoms with Crippen molar-refractivity contribution in [3.8, 4) is 0 Å². The largest absolute Gasteiger partial charge is 0.481 e. The van der Waals surface area contributed by atoms with Crippen molar-refractivity contribution in [1.29, 1.82) is 0 Å². The van der Waals surface area contributed by atoms with Crippen LogP contribution >= 0.6 is 0 Å². The van der Waals surface area contributed by atoms with Gasteiger partial charge in [0, 0.05) is 11.9 Å². The highest BCUT2D eigenvalue weighted by Gasteiger charge is 2.34. The van der Waals surface area contributed by atoms with Gasteiger partial charge >= 0.3 is 5.97 Å². The van der Waals surface area contributed by atoms with E-state index in [0.717, 1.165) is 38.9 Å². The van der Waals surface area contributed by atoms with Gasteiger partial charge in [0.15, 0.2) is 0 Å². The lowest BCUT2D eigenvalue weighted by Gasteiger charge is -2.34. The van der Waals surface area contributed by atoms with Crippen molar-refractivity contribution in [2.24, 2.45) is 0 Å². The minimum Gasteiger partial charge on any atom is -0.481 e. The van der Waals surface area contributed by atoms with E-state index in [0.29, 0.717) is 0 Å². The molecule has 1 rings (SSSR count). The van der Waals surface area contributed by atoms with Crippen LogP contribution in [0.15, 0.2) is 0 Å². The Hall–Kier alpha value is -0.505. The number of unbranched alkanes of at least 4 members (excludes halogenated alkanes) is 1. The third-order valence-electron chi connectivity index (χ3n) is 3.62. The number of carboxylic acids is 1. The van der Waals surface area contributed by atoms with E-state index in [1.807, 2.05) is 7.85 Å². The molecule has 1 unspecified atom stereocenters. The van der Waals surface area contributed by atoms with Crippen molar-refractivity contribution in [1.82, 2.24) is 4.90 Å². The third kappa shape index (κ3) is 3.82. The highest BCUT2D eigenvalue weighted by atomic mass is 16.4. The molecule has 1 saturated heterocycles. The van der Waals surface area contributed by atoms with Crippen LogP contribution in [0.1, 0.15) is 45.4 Å². The molecule has 4 heteroatoms. The fourth-order valence-corrected chi connectivity index (χ4v) is 2.43. The van der Waals surface area contributed by atoms with Crippen molar-refractivity contribution in [3.63, 3.8) is 0 Å². The predicted molar refractivity (Wildman–Crippen MR) is 68.7 cm³/mol. The molecule has 0 spiro atoms. The summed E-state index contributed by atoms with van der Waals surface area (Å²) >= 11 is 0. The van der Waals surface area contributed by atoms with Gasteiger partial charge in [-0.15, -0.1) is 0 Å².